The molecule has 3 aromatic rings. The molecule has 10 nitrogen and oxygen atoms in total. The number of rotatable bonds is 8. The van der Waals surface area contributed by atoms with Crippen molar-refractivity contribution in [2.75, 3.05) is 24.7 Å². The largest absolute Gasteiger partial charge is 0.491 e. The summed E-state index contributed by atoms with van der Waals surface area (Å²) in [5.74, 6) is -1.20. The number of nitrogens with zero attached hydrogens (tertiary/aromatic N) is 4. The maximum Gasteiger partial charge on any atom is 0.390 e. The lowest BCUT2D eigenvalue weighted by atomic mass is 10.2. The van der Waals surface area contributed by atoms with Gasteiger partial charge in [0.2, 0.25) is 5.91 Å². The molecule has 0 unspecified atom stereocenters. The summed E-state index contributed by atoms with van der Waals surface area (Å²) < 4.78 is 66.9. The average molecular weight is 480 g/mol. The van der Waals surface area contributed by atoms with E-state index in [1.165, 1.54) is 25.6 Å². The molecule has 0 saturated heterocycles. The van der Waals surface area contributed by atoms with Gasteiger partial charge in [-0.05, 0) is 12.8 Å². The zero-order valence-corrected chi connectivity index (χ0v) is 17.9. The summed E-state index contributed by atoms with van der Waals surface area (Å²) in [4.78, 5) is 33.1. The predicted molar refractivity (Wildman–Crippen MR) is 117 cm³/mol. The monoisotopic (exact) mass is 480 g/mol. The molecule has 180 valence electrons. The Balaban J connectivity index is 1.73. The topological polar surface area (TPSA) is 123 Å². The molecular weight excluding hydrogens is 455 g/mol. The minimum Gasteiger partial charge on any atom is -0.491 e. The van der Waals surface area contributed by atoms with Crippen LogP contribution in [0.3, 0.4) is 0 Å². The number of hydrogen-bond donors (Lipinski definition) is 3. The van der Waals surface area contributed by atoms with E-state index in [1.807, 2.05) is 5.32 Å². The quantitative estimate of drug-likeness (QED) is 0.452. The summed E-state index contributed by atoms with van der Waals surface area (Å²) in [5.41, 5.74) is 0.0680. The van der Waals surface area contributed by atoms with Gasteiger partial charge in [-0.3, -0.25) is 14.3 Å². The molecule has 3 heterocycles. The van der Waals surface area contributed by atoms with E-state index in [-0.39, 0.29) is 46.0 Å². The van der Waals surface area contributed by atoms with E-state index < -0.39 is 32.0 Å². The van der Waals surface area contributed by atoms with Gasteiger partial charge in [0.1, 0.15) is 11.3 Å². The summed E-state index contributed by atoms with van der Waals surface area (Å²) in [6.45, 7) is -3.25. The molecule has 1 saturated carbocycles. The molecule has 2 amide bonds. The lowest BCUT2D eigenvalue weighted by molar-refractivity contribution is -0.137. The van der Waals surface area contributed by atoms with Crippen LogP contribution in [-0.2, 0) is 11.3 Å². The maximum absolute atomic E-state index is 12.8. The van der Waals surface area contributed by atoms with Crippen molar-refractivity contribution in [2.24, 2.45) is 5.92 Å². The van der Waals surface area contributed by atoms with E-state index in [4.69, 9.17) is 8.85 Å². The molecule has 34 heavy (non-hydrogen) atoms. The van der Waals surface area contributed by atoms with E-state index in [9.17, 15) is 22.8 Å². The van der Waals surface area contributed by atoms with Gasteiger partial charge in [0.25, 0.3) is 5.91 Å². The Morgan fingerprint density at radius 2 is 2.06 bits per heavy atom. The minimum atomic E-state index is -4.40. The van der Waals surface area contributed by atoms with Gasteiger partial charge < -0.3 is 20.7 Å². The molecule has 1 fully saturated rings. The number of aryl methyl sites for hydroxylation is 1. The third kappa shape index (κ3) is 5.02. The van der Waals surface area contributed by atoms with Crippen LogP contribution in [0.2, 0.25) is 0 Å². The number of aromatic nitrogens is 4. The Morgan fingerprint density at radius 3 is 2.74 bits per heavy atom. The highest BCUT2D eigenvalue weighted by Crippen LogP contribution is 2.36. The average Bonchev–Trinajstić information content (AvgIpc) is 3.56. The van der Waals surface area contributed by atoms with Crippen LogP contribution in [-0.4, -0.2) is 51.8 Å². The number of hydrogen-bond acceptors (Lipinski definition) is 7. The number of alkyl halides is 3. The van der Waals surface area contributed by atoms with Gasteiger partial charge >= 0.3 is 6.18 Å². The molecule has 0 spiro atoms. The molecule has 0 aliphatic heterocycles. The lowest BCUT2D eigenvalue weighted by Crippen LogP contribution is -2.21. The molecule has 0 bridgehead atoms. The zero-order chi connectivity index (χ0) is 27.0. The zero-order valence-electron chi connectivity index (χ0n) is 20.9. The molecule has 3 N–H and O–H groups in total. The van der Waals surface area contributed by atoms with Crippen LogP contribution in [0.4, 0.5) is 30.5 Å². The second-order valence-electron chi connectivity index (χ2n) is 7.63. The molecule has 1 aliphatic rings. The Morgan fingerprint density at radius 1 is 1.26 bits per heavy atom. The van der Waals surface area contributed by atoms with E-state index in [0.717, 1.165) is 23.7 Å². The van der Waals surface area contributed by atoms with Crippen LogP contribution in [0.1, 0.15) is 33.7 Å². The third-order valence-electron chi connectivity index (χ3n) is 5.16. The van der Waals surface area contributed by atoms with Crippen molar-refractivity contribution < 1.29 is 31.6 Å². The summed E-state index contributed by atoms with van der Waals surface area (Å²) in [5, 5.41) is 11.8. The number of amides is 2. The number of methoxy groups -OCH3 is 1. The van der Waals surface area contributed by atoms with Gasteiger partial charge in [-0.15, -0.1) is 0 Å². The Kier molecular flexibility index (Phi) is 5.27. The van der Waals surface area contributed by atoms with E-state index in [1.54, 1.807) is 0 Å². The van der Waals surface area contributed by atoms with Gasteiger partial charge in [0, 0.05) is 40.9 Å². The van der Waals surface area contributed by atoms with Crippen molar-refractivity contribution in [3.05, 3.63) is 30.2 Å². The van der Waals surface area contributed by atoms with Crippen molar-refractivity contribution >= 4 is 40.0 Å². The van der Waals surface area contributed by atoms with E-state index in [0.29, 0.717) is 5.39 Å². The molecule has 3 aromatic heterocycles. The lowest BCUT2D eigenvalue weighted by Gasteiger charge is -2.16. The van der Waals surface area contributed by atoms with Crippen LogP contribution in [0.15, 0.2) is 24.7 Å². The standard InChI is InChI=1S/C21H22F3N7O3/c1-25-20(33)13-10-26-15(30-19(32)11-3-4-11)7-14(13)29-18-17(34-2)16-12(8-27-18)9-28-31(16)6-5-21(22,23)24/h7-11H,3-6H2,1-2H3,(H,25,33)(H2,26,27,29,30,32)/i1D3. The smallest absolute Gasteiger partial charge is 0.390 e. The fourth-order valence-corrected chi connectivity index (χ4v) is 3.31. The van der Waals surface area contributed by atoms with Crippen molar-refractivity contribution in [1.29, 1.82) is 0 Å². The molecule has 0 atom stereocenters. The fourth-order valence-electron chi connectivity index (χ4n) is 3.31. The third-order valence-corrected chi connectivity index (χ3v) is 5.16. The summed E-state index contributed by atoms with van der Waals surface area (Å²) in [6, 6.07) is 1.32. The number of pyridine rings is 2. The van der Waals surface area contributed by atoms with E-state index in [2.05, 4.69) is 25.7 Å². The first-order valence-corrected chi connectivity index (χ1v) is 10.2. The second kappa shape index (κ2) is 9.15. The first kappa shape index (κ1) is 19.6. The number of fused-ring (bicyclic) bond motifs is 1. The molecule has 4 rings (SSSR count). The Labute approximate surface area is 196 Å². The maximum atomic E-state index is 12.8. The molecule has 0 radical (unpaired) electrons. The van der Waals surface area contributed by atoms with Crippen LogP contribution in [0.25, 0.3) is 10.9 Å². The molecule has 1 aliphatic carbocycles. The summed E-state index contributed by atoms with van der Waals surface area (Å²) >= 11 is 0. The van der Waals surface area contributed by atoms with Gasteiger partial charge in [0.05, 0.1) is 37.5 Å². The number of carbonyl (C=O) groups is 2. The highest BCUT2D eigenvalue weighted by molar-refractivity contribution is 6.02. The highest BCUT2D eigenvalue weighted by atomic mass is 19.4. The van der Waals surface area contributed by atoms with Crippen LogP contribution in [0.5, 0.6) is 5.75 Å². The summed E-state index contributed by atoms with van der Waals surface area (Å²) in [7, 11) is 1.29. The molecule has 0 aromatic carbocycles. The number of ether oxygens (including phenoxy) is 1. The van der Waals surface area contributed by atoms with Crippen molar-refractivity contribution in [2.45, 2.75) is 32.0 Å². The number of carbonyl (C=O) groups excluding carboxylic acids is 2. The normalized spacial score (nSPS) is 15.2. The van der Waals surface area contributed by atoms with Crippen LogP contribution >= 0.6 is 0 Å². The SMILES string of the molecule is [2H]C([2H])([2H])NC(=O)c1cnc(NC(=O)C2CC2)cc1Nc1ncc2cnn(CCC(F)(F)F)c2c1OC. The van der Waals surface area contributed by atoms with Gasteiger partial charge in [-0.25, -0.2) is 9.97 Å². The van der Waals surface area contributed by atoms with Crippen molar-refractivity contribution in [1.82, 2.24) is 25.1 Å². The van der Waals surface area contributed by atoms with Crippen molar-refractivity contribution in [3.8, 4) is 5.75 Å². The number of nitrogens with one attached hydrogen (secondary N) is 3. The highest BCUT2D eigenvalue weighted by Gasteiger charge is 2.30. The minimum absolute atomic E-state index is 0.0114. The van der Waals surface area contributed by atoms with Gasteiger partial charge in [-0.2, -0.15) is 18.3 Å². The molecular formula is C21H22F3N7O3. The Hall–Kier alpha value is -3.90. The number of anilines is 3. The number of halogens is 3. The van der Waals surface area contributed by atoms with Gasteiger partial charge in [0.15, 0.2) is 11.6 Å². The summed E-state index contributed by atoms with van der Waals surface area (Å²) in [6.07, 6.45) is -0.230. The van der Waals surface area contributed by atoms with Crippen LogP contribution < -0.4 is 20.7 Å². The first-order valence-electron chi connectivity index (χ1n) is 11.7. The second-order valence-corrected chi connectivity index (χ2v) is 7.63. The predicted octanol–water partition coefficient (Wildman–Crippen LogP) is 3.24. The first-order chi connectivity index (χ1) is 17.3. The van der Waals surface area contributed by atoms with Gasteiger partial charge in [-0.1, -0.05) is 0 Å². The van der Waals surface area contributed by atoms with Crippen LogP contribution in [0, 0.1) is 5.92 Å². The Bertz CT molecular complexity index is 1340. The van der Waals surface area contributed by atoms with E-state index >= 15 is 0 Å². The van der Waals surface area contributed by atoms with Crippen molar-refractivity contribution in [3.63, 3.8) is 0 Å². The fraction of sp³-hybridized carbons (Fsp3) is 0.381. The molecule has 13 heteroatoms.